The second kappa shape index (κ2) is 7.06. The largest absolute Gasteiger partial charge is 0.504 e. The normalized spacial score (nSPS) is 10.3. The Morgan fingerprint density at radius 2 is 2.23 bits per heavy atom. The third-order valence-corrected chi connectivity index (χ3v) is 2.82. The van der Waals surface area contributed by atoms with E-state index in [0.29, 0.717) is 5.56 Å². The van der Waals surface area contributed by atoms with Gasteiger partial charge in [-0.1, -0.05) is 11.6 Å². The van der Waals surface area contributed by atoms with E-state index in [1.54, 1.807) is 0 Å². The molecule has 0 saturated heterocycles. The first-order valence-corrected chi connectivity index (χ1v) is 6.48. The Balaban J connectivity index is 2.17. The number of benzene rings is 1. The second-order valence-corrected chi connectivity index (χ2v) is 4.62. The molecule has 0 unspecified atom stereocenters. The summed E-state index contributed by atoms with van der Waals surface area (Å²) in [5.74, 6) is -1.31. The third kappa shape index (κ3) is 3.84. The van der Waals surface area contributed by atoms with Crippen molar-refractivity contribution in [2.24, 2.45) is 0 Å². The van der Waals surface area contributed by atoms with Crippen LogP contribution in [0.25, 0.3) is 11.3 Å². The van der Waals surface area contributed by atoms with Gasteiger partial charge in [0.2, 0.25) is 0 Å². The fraction of sp³-hybridized carbons (Fsp3) is 0.143. The van der Waals surface area contributed by atoms with E-state index in [-0.39, 0.29) is 28.8 Å². The minimum atomic E-state index is -0.611. The van der Waals surface area contributed by atoms with E-state index in [1.807, 2.05) is 0 Å². The highest BCUT2D eigenvalue weighted by Crippen LogP contribution is 2.32. The lowest BCUT2D eigenvalue weighted by atomic mass is 10.1. The zero-order valence-corrected chi connectivity index (χ0v) is 12.2. The van der Waals surface area contributed by atoms with Crippen LogP contribution < -0.4 is 10.2 Å². The molecule has 0 atom stereocenters. The molecule has 1 aromatic heterocycles. The average Bonchev–Trinajstić information content (AvgIpc) is 2.46. The second-order valence-electron chi connectivity index (χ2n) is 4.18. The third-order valence-electron chi connectivity index (χ3n) is 2.61. The summed E-state index contributed by atoms with van der Waals surface area (Å²) in [4.78, 5) is 19.5. The Morgan fingerprint density at radius 1 is 1.45 bits per heavy atom. The highest BCUT2D eigenvalue weighted by atomic mass is 35.5. The predicted octanol–water partition coefficient (Wildman–Crippen LogP) is 2.30. The summed E-state index contributed by atoms with van der Waals surface area (Å²) in [6.07, 6.45) is 1.30. The first-order valence-electron chi connectivity index (χ1n) is 6.10. The molecule has 2 N–H and O–H groups in total. The molecule has 0 spiro atoms. The van der Waals surface area contributed by atoms with E-state index >= 15 is 0 Å². The molecule has 0 bridgehead atoms. The minimum Gasteiger partial charge on any atom is -0.504 e. The van der Waals surface area contributed by atoms with Crippen LogP contribution in [-0.2, 0) is 9.63 Å². The highest BCUT2D eigenvalue weighted by molar-refractivity contribution is 6.30. The molecule has 0 aliphatic rings. The lowest BCUT2D eigenvalue weighted by molar-refractivity contribution is -0.133. The van der Waals surface area contributed by atoms with Crippen molar-refractivity contribution in [3.05, 3.63) is 41.3 Å². The molecule has 0 fully saturated rings. The van der Waals surface area contributed by atoms with Gasteiger partial charge < -0.3 is 9.84 Å². The first kappa shape index (κ1) is 16.0. The average molecular weight is 327 g/mol. The predicted molar refractivity (Wildman–Crippen MR) is 77.0 cm³/mol. The maximum atomic E-state index is 13.8. The maximum Gasteiger partial charge on any atom is 0.281 e. The number of halogens is 2. The number of amides is 1. The molecule has 22 heavy (non-hydrogen) atoms. The van der Waals surface area contributed by atoms with Gasteiger partial charge in [-0.05, 0) is 24.3 Å². The van der Waals surface area contributed by atoms with Crippen molar-refractivity contribution in [1.82, 2.24) is 10.5 Å². The molecule has 0 aliphatic carbocycles. The Morgan fingerprint density at radius 3 is 2.86 bits per heavy atom. The Labute approximate surface area is 130 Å². The van der Waals surface area contributed by atoms with Gasteiger partial charge in [0.05, 0.1) is 12.1 Å². The molecule has 6 nitrogen and oxygen atoms in total. The minimum absolute atomic E-state index is 0.0448. The van der Waals surface area contributed by atoms with Crippen molar-refractivity contribution < 1.29 is 23.9 Å². The lowest BCUT2D eigenvalue weighted by Gasteiger charge is -2.09. The molecule has 0 radical (unpaired) electrons. The summed E-state index contributed by atoms with van der Waals surface area (Å²) in [5.41, 5.74) is 2.46. The fourth-order valence-corrected chi connectivity index (χ4v) is 1.84. The van der Waals surface area contributed by atoms with Crippen molar-refractivity contribution >= 4 is 17.5 Å². The molecule has 0 aliphatic heterocycles. The monoisotopic (exact) mass is 326 g/mol. The van der Waals surface area contributed by atoms with Gasteiger partial charge in [0.15, 0.2) is 23.9 Å². The van der Waals surface area contributed by atoms with E-state index in [4.69, 9.17) is 16.3 Å². The number of carbonyl (C=O) groups excluding carboxylic acids is 1. The van der Waals surface area contributed by atoms with Crippen molar-refractivity contribution in [3.63, 3.8) is 0 Å². The number of ether oxygens (including phenoxy) is 1. The van der Waals surface area contributed by atoms with Crippen molar-refractivity contribution in [3.8, 4) is 22.8 Å². The number of phenolic OH excluding ortho intramolecular Hbond substituents is 1. The number of carbonyl (C=O) groups is 1. The summed E-state index contributed by atoms with van der Waals surface area (Å²) < 4.78 is 18.9. The first-order chi connectivity index (χ1) is 10.5. The summed E-state index contributed by atoms with van der Waals surface area (Å²) >= 11 is 5.64. The van der Waals surface area contributed by atoms with Gasteiger partial charge in [0.25, 0.3) is 5.91 Å². The fourth-order valence-electron chi connectivity index (χ4n) is 1.70. The van der Waals surface area contributed by atoms with Gasteiger partial charge in [0, 0.05) is 11.8 Å². The van der Waals surface area contributed by atoms with Crippen LogP contribution in [0.3, 0.4) is 0 Å². The van der Waals surface area contributed by atoms with Crippen molar-refractivity contribution in [2.45, 2.75) is 0 Å². The van der Waals surface area contributed by atoms with Gasteiger partial charge in [-0.3, -0.25) is 14.6 Å². The number of aromatic hydroxyl groups is 1. The van der Waals surface area contributed by atoms with Crippen molar-refractivity contribution in [2.75, 3.05) is 13.7 Å². The van der Waals surface area contributed by atoms with Crippen molar-refractivity contribution in [1.29, 1.82) is 0 Å². The maximum absolute atomic E-state index is 13.8. The van der Waals surface area contributed by atoms with Crippen LogP contribution in [0.2, 0.25) is 5.02 Å². The van der Waals surface area contributed by atoms with Crippen LogP contribution in [0, 0.1) is 5.82 Å². The zero-order valence-electron chi connectivity index (χ0n) is 11.5. The standard InChI is InChI=1S/C14H12ClFN2O4/c1-21-18-13(20)7-22-12-3-2-8(4-11(12)19)14-10(16)5-9(15)6-17-14/h2-6,19H,7H2,1H3,(H,18,20). The number of pyridine rings is 1. The molecular weight excluding hydrogens is 315 g/mol. The van der Waals surface area contributed by atoms with Crippen LogP contribution in [0.1, 0.15) is 0 Å². The smallest absolute Gasteiger partial charge is 0.281 e. The van der Waals surface area contributed by atoms with Crippen LogP contribution in [0.4, 0.5) is 4.39 Å². The van der Waals surface area contributed by atoms with Crippen LogP contribution in [-0.4, -0.2) is 29.7 Å². The number of rotatable bonds is 5. The van der Waals surface area contributed by atoms with Crippen LogP contribution in [0.15, 0.2) is 30.5 Å². The summed E-state index contributed by atoms with van der Waals surface area (Å²) in [6.45, 7) is -0.339. The molecule has 1 aromatic carbocycles. The van der Waals surface area contributed by atoms with E-state index in [2.05, 4.69) is 15.3 Å². The molecule has 2 aromatic rings. The summed E-state index contributed by atoms with van der Waals surface area (Å²) in [6, 6.07) is 5.31. The molecule has 0 saturated carbocycles. The number of nitrogens with zero attached hydrogens (tertiary/aromatic N) is 1. The van der Waals surface area contributed by atoms with Gasteiger partial charge >= 0.3 is 0 Å². The van der Waals surface area contributed by atoms with E-state index in [9.17, 15) is 14.3 Å². The Hall–Kier alpha value is -2.38. The van der Waals surface area contributed by atoms with E-state index in [1.165, 1.54) is 31.5 Å². The van der Waals surface area contributed by atoms with Crippen LogP contribution in [0.5, 0.6) is 11.5 Å². The molecule has 1 amide bonds. The molecule has 1 heterocycles. The topological polar surface area (TPSA) is 80.7 Å². The van der Waals surface area contributed by atoms with Gasteiger partial charge in [-0.25, -0.2) is 9.87 Å². The summed E-state index contributed by atoms with van der Waals surface area (Å²) in [5, 5.41) is 10.1. The van der Waals surface area contributed by atoms with Gasteiger partial charge in [-0.2, -0.15) is 0 Å². The molecule has 2 rings (SSSR count). The highest BCUT2D eigenvalue weighted by Gasteiger charge is 2.12. The number of nitrogens with one attached hydrogen (secondary N) is 1. The number of phenols is 1. The van der Waals surface area contributed by atoms with Gasteiger partial charge in [0.1, 0.15) is 5.69 Å². The molecular formula is C14H12ClFN2O4. The molecule has 116 valence electrons. The zero-order chi connectivity index (χ0) is 16.1. The van der Waals surface area contributed by atoms with Gasteiger partial charge in [-0.15, -0.1) is 0 Å². The number of aromatic nitrogens is 1. The van der Waals surface area contributed by atoms with E-state index < -0.39 is 11.7 Å². The quantitative estimate of drug-likeness (QED) is 0.824. The Bertz CT molecular complexity index is 697. The summed E-state index contributed by atoms with van der Waals surface area (Å²) in [7, 11) is 1.29. The SMILES string of the molecule is CONC(=O)COc1ccc(-c2ncc(Cl)cc2F)cc1O. The molecule has 8 heteroatoms. The van der Waals surface area contributed by atoms with E-state index in [0.717, 1.165) is 6.07 Å². The Kier molecular flexibility index (Phi) is 5.13. The number of hydroxylamine groups is 1. The number of hydrogen-bond donors (Lipinski definition) is 2. The lowest BCUT2D eigenvalue weighted by Crippen LogP contribution is -2.27. The van der Waals surface area contributed by atoms with Crippen LogP contribution >= 0.6 is 11.6 Å². The number of hydrogen-bond acceptors (Lipinski definition) is 5.